The van der Waals surface area contributed by atoms with Crippen molar-refractivity contribution in [3.8, 4) is 5.69 Å². The van der Waals surface area contributed by atoms with Crippen LogP contribution in [0.3, 0.4) is 0 Å². The standard InChI is InChI=1S/C25H26N6O2/c32-23-22-24(31(25(33)28-23)18-8-11-26-12-9-18)30(16-27-22)21-14-19-6-7-20(15-21)29(19)13-10-17-4-2-1-3-5-17/h1-5,8-9,11-12,16,19-21H,6-7,10,13-15H2,(H,28,32,33). The normalized spacial score (nSPS) is 22.7. The number of fused-ring (bicyclic) bond motifs is 3. The highest BCUT2D eigenvalue weighted by Gasteiger charge is 2.41. The second-order valence-electron chi connectivity index (χ2n) is 9.11. The molecule has 0 spiro atoms. The molecule has 4 aromatic rings. The molecule has 2 saturated heterocycles. The molecule has 2 atom stereocenters. The summed E-state index contributed by atoms with van der Waals surface area (Å²) in [6, 6.07) is 15.4. The van der Waals surface area contributed by atoms with Crippen LogP contribution in [0.5, 0.6) is 0 Å². The number of hydrogen-bond acceptors (Lipinski definition) is 5. The molecule has 0 amide bonds. The summed E-state index contributed by atoms with van der Waals surface area (Å²) in [6.45, 7) is 1.07. The van der Waals surface area contributed by atoms with Crippen LogP contribution in [0.4, 0.5) is 0 Å². The van der Waals surface area contributed by atoms with E-state index in [0.29, 0.717) is 28.9 Å². The lowest BCUT2D eigenvalue weighted by Gasteiger charge is -2.39. The lowest BCUT2D eigenvalue weighted by atomic mass is 9.96. The number of aromatic amines is 1. The Hall–Kier alpha value is -3.52. The van der Waals surface area contributed by atoms with Crippen LogP contribution in [0.25, 0.3) is 16.9 Å². The Labute approximate surface area is 190 Å². The maximum atomic E-state index is 12.8. The van der Waals surface area contributed by atoms with E-state index in [1.54, 1.807) is 35.4 Å². The summed E-state index contributed by atoms with van der Waals surface area (Å²) in [7, 11) is 0. The molecule has 6 rings (SSSR count). The van der Waals surface area contributed by atoms with Crippen LogP contribution in [-0.4, -0.2) is 47.6 Å². The van der Waals surface area contributed by atoms with Crippen LogP contribution in [-0.2, 0) is 6.42 Å². The molecule has 8 heteroatoms. The SMILES string of the molecule is O=c1[nH]c(=O)n(-c2ccncc2)c2c1ncn2C1CC2CCC(C1)N2CCc1ccccc1. The zero-order valence-electron chi connectivity index (χ0n) is 18.3. The van der Waals surface area contributed by atoms with Gasteiger partial charge in [-0.2, -0.15) is 0 Å². The maximum Gasteiger partial charge on any atom is 0.334 e. The van der Waals surface area contributed by atoms with E-state index in [1.807, 2.05) is 0 Å². The average molecular weight is 443 g/mol. The molecule has 3 aromatic heterocycles. The number of hydrogen-bond donors (Lipinski definition) is 1. The van der Waals surface area contributed by atoms with Gasteiger partial charge in [-0.15, -0.1) is 0 Å². The highest BCUT2D eigenvalue weighted by molar-refractivity contribution is 5.72. The molecule has 0 radical (unpaired) electrons. The van der Waals surface area contributed by atoms with Crippen molar-refractivity contribution in [2.45, 2.75) is 50.2 Å². The minimum atomic E-state index is -0.455. The number of benzene rings is 1. The van der Waals surface area contributed by atoms with Crippen LogP contribution >= 0.6 is 0 Å². The molecule has 33 heavy (non-hydrogen) atoms. The Bertz CT molecular complexity index is 1380. The van der Waals surface area contributed by atoms with Crippen molar-refractivity contribution >= 4 is 11.2 Å². The van der Waals surface area contributed by atoms with Gasteiger partial charge in [-0.3, -0.25) is 19.7 Å². The molecule has 1 N–H and O–H groups in total. The number of piperidine rings is 1. The number of pyridine rings is 1. The minimum Gasteiger partial charge on any atom is -0.313 e. The first-order valence-corrected chi connectivity index (χ1v) is 11.6. The van der Waals surface area contributed by atoms with Gasteiger partial charge >= 0.3 is 5.69 Å². The van der Waals surface area contributed by atoms with Gasteiger partial charge in [0.15, 0.2) is 11.2 Å². The smallest absolute Gasteiger partial charge is 0.313 e. The summed E-state index contributed by atoms with van der Waals surface area (Å²) in [6.07, 6.45) is 10.5. The average Bonchev–Trinajstić information content (AvgIpc) is 3.37. The minimum absolute atomic E-state index is 0.203. The summed E-state index contributed by atoms with van der Waals surface area (Å²) in [5, 5.41) is 0. The lowest BCUT2D eigenvalue weighted by molar-refractivity contribution is 0.109. The van der Waals surface area contributed by atoms with E-state index in [1.165, 1.54) is 18.4 Å². The molecular formula is C25H26N6O2. The van der Waals surface area contributed by atoms with Gasteiger partial charge in [0.2, 0.25) is 0 Å². The first-order valence-electron chi connectivity index (χ1n) is 11.6. The Morgan fingerprint density at radius 2 is 1.67 bits per heavy atom. The Morgan fingerprint density at radius 3 is 2.39 bits per heavy atom. The summed E-state index contributed by atoms with van der Waals surface area (Å²) in [5.74, 6) is 0. The predicted molar refractivity (Wildman–Crippen MR) is 126 cm³/mol. The van der Waals surface area contributed by atoms with Crippen molar-refractivity contribution in [2.24, 2.45) is 0 Å². The van der Waals surface area contributed by atoms with Gasteiger partial charge in [0.25, 0.3) is 5.56 Å². The number of rotatable bonds is 5. The third-order valence-corrected chi connectivity index (χ3v) is 7.29. The van der Waals surface area contributed by atoms with Crippen molar-refractivity contribution in [1.82, 2.24) is 29.0 Å². The van der Waals surface area contributed by atoms with Crippen LogP contribution in [0.1, 0.15) is 37.3 Å². The zero-order valence-corrected chi connectivity index (χ0v) is 18.3. The topological polar surface area (TPSA) is 88.8 Å². The number of aromatic nitrogens is 5. The second kappa shape index (κ2) is 8.12. The summed E-state index contributed by atoms with van der Waals surface area (Å²) >= 11 is 0. The molecule has 2 unspecified atom stereocenters. The van der Waals surface area contributed by atoms with Crippen LogP contribution < -0.4 is 11.2 Å². The molecule has 0 aliphatic carbocycles. The van der Waals surface area contributed by atoms with Gasteiger partial charge in [-0.1, -0.05) is 30.3 Å². The largest absolute Gasteiger partial charge is 0.334 e. The number of nitrogens with one attached hydrogen (secondary N) is 1. The first-order chi connectivity index (χ1) is 16.2. The van der Waals surface area contributed by atoms with E-state index in [9.17, 15) is 9.59 Å². The summed E-state index contributed by atoms with van der Waals surface area (Å²) < 4.78 is 3.61. The third-order valence-electron chi connectivity index (χ3n) is 7.29. The highest BCUT2D eigenvalue weighted by atomic mass is 16.2. The van der Waals surface area contributed by atoms with E-state index in [4.69, 9.17) is 0 Å². The maximum absolute atomic E-state index is 12.8. The monoisotopic (exact) mass is 442 g/mol. The van der Waals surface area contributed by atoms with Crippen molar-refractivity contribution in [2.75, 3.05) is 6.54 Å². The fourth-order valence-electron chi connectivity index (χ4n) is 5.79. The van der Waals surface area contributed by atoms with E-state index < -0.39 is 11.2 Å². The lowest BCUT2D eigenvalue weighted by Crippen LogP contribution is -2.44. The van der Waals surface area contributed by atoms with Crippen molar-refractivity contribution in [1.29, 1.82) is 0 Å². The van der Waals surface area contributed by atoms with E-state index in [2.05, 4.69) is 54.8 Å². The van der Waals surface area contributed by atoms with Crippen molar-refractivity contribution < 1.29 is 0 Å². The van der Waals surface area contributed by atoms with Crippen molar-refractivity contribution in [3.05, 3.63) is 87.6 Å². The van der Waals surface area contributed by atoms with Crippen LogP contribution in [0, 0.1) is 0 Å². The zero-order chi connectivity index (χ0) is 22.4. The van der Waals surface area contributed by atoms with Gasteiger partial charge in [0.05, 0.1) is 12.0 Å². The highest BCUT2D eigenvalue weighted by Crippen LogP contribution is 2.41. The molecule has 8 nitrogen and oxygen atoms in total. The van der Waals surface area contributed by atoms with Gasteiger partial charge in [-0.25, -0.2) is 14.3 Å². The Morgan fingerprint density at radius 1 is 0.939 bits per heavy atom. The summed E-state index contributed by atoms with van der Waals surface area (Å²) in [5.41, 5.74) is 2.01. The molecule has 2 bridgehead atoms. The third kappa shape index (κ3) is 3.51. The second-order valence-corrected chi connectivity index (χ2v) is 9.11. The molecule has 2 aliphatic heterocycles. The van der Waals surface area contributed by atoms with Crippen LogP contribution in [0.2, 0.25) is 0 Å². The summed E-state index contributed by atoms with van der Waals surface area (Å²) in [4.78, 5) is 38.9. The molecule has 5 heterocycles. The molecular weight excluding hydrogens is 416 g/mol. The quantitative estimate of drug-likeness (QED) is 0.513. The van der Waals surface area contributed by atoms with Gasteiger partial charge in [0, 0.05) is 37.1 Å². The molecule has 2 fully saturated rings. The fraction of sp³-hybridized carbons (Fsp3) is 0.360. The molecule has 168 valence electrons. The van der Waals surface area contributed by atoms with Gasteiger partial charge < -0.3 is 4.57 Å². The van der Waals surface area contributed by atoms with E-state index in [-0.39, 0.29) is 6.04 Å². The van der Waals surface area contributed by atoms with E-state index in [0.717, 1.165) is 25.8 Å². The van der Waals surface area contributed by atoms with Crippen molar-refractivity contribution in [3.63, 3.8) is 0 Å². The number of nitrogens with zero attached hydrogens (tertiary/aromatic N) is 5. The molecule has 0 saturated carbocycles. The molecule has 1 aromatic carbocycles. The van der Waals surface area contributed by atoms with Gasteiger partial charge in [0.1, 0.15) is 0 Å². The van der Waals surface area contributed by atoms with Gasteiger partial charge in [-0.05, 0) is 49.8 Å². The fourth-order valence-corrected chi connectivity index (χ4v) is 5.79. The van der Waals surface area contributed by atoms with E-state index >= 15 is 0 Å². The predicted octanol–water partition coefficient (Wildman–Crippen LogP) is 2.68. The van der Waals surface area contributed by atoms with Crippen LogP contribution in [0.15, 0.2) is 70.8 Å². The first kappa shape index (κ1) is 20.1. The number of imidazole rings is 1. The number of H-pyrrole nitrogens is 1. The Kier molecular flexibility index (Phi) is 4.95. The Balaban J connectivity index is 1.33. The molecule has 2 aliphatic rings.